The molecule has 1 rings (SSSR count). The first-order valence-electron chi connectivity index (χ1n) is 5.50. The first-order valence-corrected chi connectivity index (χ1v) is 7.00. The van der Waals surface area contributed by atoms with Crippen LogP contribution in [0.5, 0.6) is 0 Å². The van der Waals surface area contributed by atoms with Gasteiger partial charge in [0, 0.05) is 6.54 Å². The SMILES string of the molecule is CCCN(C(=O)C(O)=CC(=O)O)S(=O)(=O)C1CC1. The molecule has 0 heterocycles. The number of aliphatic carboxylic acids is 1. The normalized spacial score (nSPS) is 16.4. The molecule has 0 unspecified atom stereocenters. The number of sulfonamides is 1. The maximum Gasteiger partial charge on any atom is 0.332 e. The molecular weight excluding hydrogens is 262 g/mol. The number of hydrogen-bond donors (Lipinski definition) is 2. The fraction of sp³-hybridized carbons (Fsp3) is 0.600. The second-order valence-electron chi connectivity index (χ2n) is 3.99. The van der Waals surface area contributed by atoms with Crippen LogP contribution >= 0.6 is 0 Å². The van der Waals surface area contributed by atoms with E-state index >= 15 is 0 Å². The maximum atomic E-state index is 11.9. The highest BCUT2D eigenvalue weighted by atomic mass is 32.2. The average Bonchev–Trinajstić information content (AvgIpc) is 3.07. The van der Waals surface area contributed by atoms with E-state index in [1.165, 1.54) is 0 Å². The number of carboxylic acid groups (broad SMARTS) is 1. The van der Waals surface area contributed by atoms with E-state index in [9.17, 15) is 23.1 Å². The highest BCUT2D eigenvalue weighted by molar-refractivity contribution is 7.90. The van der Waals surface area contributed by atoms with Gasteiger partial charge in [-0.2, -0.15) is 0 Å². The third-order valence-electron chi connectivity index (χ3n) is 2.39. The summed E-state index contributed by atoms with van der Waals surface area (Å²) >= 11 is 0. The van der Waals surface area contributed by atoms with Crippen molar-refractivity contribution in [2.24, 2.45) is 0 Å². The van der Waals surface area contributed by atoms with Gasteiger partial charge in [-0.05, 0) is 19.3 Å². The standard InChI is InChI=1S/C10H15NO6S/c1-2-5-11(18(16,17)7-3-4-7)10(15)8(12)6-9(13)14/h6-7,12H,2-5H2,1H3,(H,13,14). The molecule has 0 aliphatic heterocycles. The van der Waals surface area contributed by atoms with Gasteiger partial charge in [-0.1, -0.05) is 6.92 Å². The van der Waals surface area contributed by atoms with E-state index in [0.717, 1.165) is 0 Å². The van der Waals surface area contributed by atoms with Crippen LogP contribution in [-0.4, -0.2) is 46.6 Å². The fourth-order valence-electron chi connectivity index (χ4n) is 1.40. The Morgan fingerprint density at radius 1 is 1.33 bits per heavy atom. The zero-order chi connectivity index (χ0) is 13.9. The first kappa shape index (κ1) is 14.5. The van der Waals surface area contributed by atoms with Crippen LogP contribution in [0.4, 0.5) is 0 Å². The molecule has 0 aromatic rings. The summed E-state index contributed by atoms with van der Waals surface area (Å²) in [6.45, 7) is 1.61. The van der Waals surface area contributed by atoms with Crippen molar-refractivity contribution in [2.75, 3.05) is 6.54 Å². The Bertz CT molecular complexity index is 477. The van der Waals surface area contributed by atoms with Gasteiger partial charge >= 0.3 is 11.9 Å². The lowest BCUT2D eigenvalue weighted by Crippen LogP contribution is -2.40. The number of aliphatic hydroxyl groups is 1. The quantitative estimate of drug-likeness (QED) is 0.531. The van der Waals surface area contributed by atoms with Gasteiger partial charge in [-0.15, -0.1) is 0 Å². The van der Waals surface area contributed by atoms with Crippen LogP contribution in [-0.2, 0) is 19.6 Å². The van der Waals surface area contributed by atoms with Crippen molar-refractivity contribution in [3.63, 3.8) is 0 Å². The van der Waals surface area contributed by atoms with Gasteiger partial charge in [-0.25, -0.2) is 17.5 Å². The molecule has 0 atom stereocenters. The Hall–Kier alpha value is -1.57. The van der Waals surface area contributed by atoms with E-state index in [-0.39, 0.29) is 12.6 Å². The summed E-state index contributed by atoms with van der Waals surface area (Å²) in [5.41, 5.74) is 0. The Kier molecular flexibility index (Phi) is 4.33. The molecule has 2 N–H and O–H groups in total. The van der Waals surface area contributed by atoms with Crippen molar-refractivity contribution >= 4 is 21.9 Å². The van der Waals surface area contributed by atoms with Gasteiger partial charge < -0.3 is 10.2 Å². The predicted molar refractivity (Wildman–Crippen MR) is 62.3 cm³/mol. The number of carbonyl (C=O) groups excluding carboxylic acids is 1. The molecule has 0 aromatic carbocycles. The molecule has 0 bridgehead atoms. The van der Waals surface area contributed by atoms with Crippen molar-refractivity contribution in [1.82, 2.24) is 4.31 Å². The summed E-state index contributed by atoms with van der Waals surface area (Å²) in [5, 5.41) is 17.1. The van der Waals surface area contributed by atoms with Crippen LogP contribution in [0.3, 0.4) is 0 Å². The molecule has 0 spiro atoms. The lowest BCUT2D eigenvalue weighted by atomic mass is 10.4. The summed E-state index contributed by atoms with van der Waals surface area (Å²) in [7, 11) is -3.78. The van der Waals surface area contributed by atoms with Crippen LogP contribution in [0.2, 0.25) is 0 Å². The second-order valence-corrected chi connectivity index (χ2v) is 6.13. The Morgan fingerprint density at radius 2 is 1.89 bits per heavy atom. The van der Waals surface area contributed by atoms with E-state index in [4.69, 9.17) is 5.11 Å². The molecule has 0 aromatic heterocycles. The molecule has 1 aliphatic carbocycles. The molecule has 1 saturated carbocycles. The third-order valence-corrected chi connectivity index (χ3v) is 4.66. The minimum atomic E-state index is -3.78. The van der Waals surface area contributed by atoms with Crippen LogP contribution in [0.15, 0.2) is 11.8 Å². The first-order chi connectivity index (χ1) is 8.30. The highest BCUT2D eigenvalue weighted by Crippen LogP contribution is 2.31. The summed E-state index contributed by atoms with van der Waals surface area (Å²) < 4.78 is 24.4. The molecule has 8 heteroatoms. The van der Waals surface area contributed by atoms with Crippen LogP contribution < -0.4 is 0 Å². The van der Waals surface area contributed by atoms with Gasteiger partial charge in [0.25, 0.3) is 0 Å². The molecule has 1 aliphatic rings. The lowest BCUT2D eigenvalue weighted by Gasteiger charge is -2.21. The van der Waals surface area contributed by atoms with Crippen molar-refractivity contribution in [2.45, 2.75) is 31.4 Å². The average molecular weight is 277 g/mol. The Balaban J connectivity index is 2.98. The topological polar surface area (TPSA) is 112 Å². The van der Waals surface area contributed by atoms with Gasteiger partial charge in [0.2, 0.25) is 10.0 Å². The number of amides is 1. The number of hydrogen-bond acceptors (Lipinski definition) is 5. The van der Waals surface area contributed by atoms with Crippen LogP contribution in [0.25, 0.3) is 0 Å². The zero-order valence-electron chi connectivity index (χ0n) is 9.87. The smallest absolute Gasteiger partial charge is 0.332 e. The van der Waals surface area contributed by atoms with Gasteiger partial charge in [0.05, 0.1) is 11.3 Å². The summed E-state index contributed by atoms with van der Waals surface area (Å²) in [4.78, 5) is 22.0. The zero-order valence-corrected chi connectivity index (χ0v) is 10.7. The second kappa shape index (κ2) is 5.38. The number of rotatable bonds is 6. The third kappa shape index (κ3) is 3.22. The number of carboxylic acids is 1. The predicted octanol–water partition coefficient (Wildman–Crippen LogP) is 0.244. The molecule has 102 valence electrons. The van der Waals surface area contributed by atoms with Crippen molar-refractivity contribution in [1.29, 1.82) is 0 Å². The highest BCUT2D eigenvalue weighted by Gasteiger charge is 2.42. The molecule has 1 fully saturated rings. The van der Waals surface area contributed by atoms with E-state index in [1.54, 1.807) is 6.92 Å². The lowest BCUT2D eigenvalue weighted by molar-refractivity contribution is -0.132. The van der Waals surface area contributed by atoms with Crippen molar-refractivity contribution < 1.29 is 28.2 Å². The van der Waals surface area contributed by atoms with E-state index in [1.807, 2.05) is 0 Å². The van der Waals surface area contributed by atoms with Crippen LogP contribution in [0, 0.1) is 0 Å². The molecular formula is C10H15NO6S. The van der Waals surface area contributed by atoms with Gasteiger partial charge in [0.15, 0.2) is 5.76 Å². The van der Waals surface area contributed by atoms with Crippen molar-refractivity contribution in [3.8, 4) is 0 Å². The monoisotopic (exact) mass is 277 g/mol. The largest absolute Gasteiger partial charge is 0.503 e. The summed E-state index contributed by atoms with van der Waals surface area (Å²) in [6, 6.07) is 0. The number of carbonyl (C=O) groups is 2. The molecule has 7 nitrogen and oxygen atoms in total. The fourth-order valence-corrected chi connectivity index (χ4v) is 3.25. The minimum absolute atomic E-state index is 0.0742. The van der Waals surface area contributed by atoms with Gasteiger partial charge in [-0.3, -0.25) is 4.79 Å². The summed E-state index contributed by atoms with van der Waals surface area (Å²) in [5.74, 6) is -3.78. The van der Waals surface area contributed by atoms with Crippen molar-refractivity contribution in [3.05, 3.63) is 11.8 Å². The van der Waals surface area contributed by atoms with E-state index < -0.39 is 32.9 Å². The van der Waals surface area contributed by atoms with E-state index in [0.29, 0.717) is 23.6 Å². The number of nitrogens with zero attached hydrogens (tertiary/aromatic N) is 1. The van der Waals surface area contributed by atoms with Crippen LogP contribution in [0.1, 0.15) is 26.2 Å². The number of aliphatic hydroxyl groups excluding tert-OH is 1. The molecule has 1 amide bonds. The molecule has 0 saturated heterocycles. The Labute approximate surface area is 105 Å². The molecule has 0 radical (unpaired) electrons. The minimum Gasteiger partial charge on any atom is -0.503 e. The van der Waals surface area contributed by atoms with E-state index in [2.05, 4.69) is 0 Å². The Morgan fingerprint density at radius 3 is 2.28 bits per heavy atom. The summed E-state index contributed by atoms with van der Waals surface area (Å²) in [6.07, 6.45) is 1.64. The van der Waals surface area contributed by atoms with Gasteiger partial charge in [0.1, 0.15) is 0 Å². The maximum absolute atomic E-state index is 11.9. The molecule has 18 heavy (non-hydrogen) atoms.